The first-order valence-electron chi connectivity index (χ1n) is 9.83. The van der Waals surface area contributed by atoms with Crippen molar-refractivity contribution in [1.29, 1.82) is 0 Å². The van der Waals surface area contributed by atoms with Gasteiger partial charge in [-0.2, -0.15) is 0 Å². The maximum atomic E-state index is 12.5. The van der Waals surface area contributed by atoms with Crippen LogP contribution in [0.15, 0.2) is 60.7 Å². The first-order chi connectivity index (χ1) is 14.4. The van der Waals surface area contributed by atoms with E-state index in [2.05, 4.69) is 10.6 Å². The predicted molar refractivity (Wildman–Crippen MR) is 112 cm³/mol. The second-order valence-corrected chi connectivity index (χ2v) is 7.33. The van der Waals surface area contributed by atoms with Gasteiger partial charge in [0.05, 0.1) is 12.5 Å². The molecule has 3 rings (SSSR count). The van der Waals surface area contributed by atoms with Crippen LogP contribution in [0.25, 0.3) is 0 Å². The van der Waals surface area contributed by atoms with Gasteiger partial charge in [-0.05, 0) is 17.7 Å². The number of anilines is 1. The minimum Gasteiger partial charge on any atom is -0.388 e. The van der Waals surface area contributed by atoms with Crippen LogP contribution in [0, 0.1) is 0 Å². The van der Waals surface area contributed by atoms with E-state index in [0.29, 0.717) is 12.2 Å². The molecule has 1 saturated heterocycles. The van der Waals surface area contributed by atoms with Crippen molar-refractivity contribution in [2.75, 3.05) is 18.9 Å². The van der Waals surface area contributed by atoms with Crippen LogP contribution in [0.3, 0.4) is 0 Å². The monoisotopic (exact) mass is 413 g/mol. The highest BCUT2D eigenvalue weighted by Gasteiger charge is 2.43. The van der Waals surface area contributed by atoms with Gasteiger partial charge in [0.1, 0.15) is 18.3 Å². The zero-order valence-corrected chi connectivity index (χ0v) is 16.8. The summed E-state index contributed by atoms with van der Waals surface area (Å²) in [7, 11) is 1.68. The highest BCUT2D eigenvalue weighted by Crippen LogP contribution is 2.24. The second kappa shape index (κ2) is 10.2. The summed E-state index contributed by atoms with van der Waals surface area (Å²) in [6, 6.07) is 18.0. The number of urea groups is 1. The highest BCUT2D eigenvalue weighted by molar-refractivity contribution is 5.89. The fourth-order valence-corrected chi connectivity index (χ4v) is 3.33. The summed E-state index contributed by atoms with van der Waals surface area (Å²) in [5.41, 5.74) is 1.63. The molecule has 0 radical (unpaired) electrons. The Morgan fingerprint density at radius 3 is 2.23 bits per heavy atom. The topological polar surface area (TPSA) is 111 Å². The zero-order chi connectivity index (χ0) is 21.5. The van der Waals surface area contributed by atoms with Crippen LogP contribution in [0.2, 0.25) is 0 Å². The Morgan fingerprint density at radius 2 is 1.57 bits per heavy atom. The number of amides is 3. The molecule has 30 heavy (non-hydrogen) atoms. The first kappa shape index (κ1) is 21.8. The van der Waals surface area contributed by atoms with Gasteiger partial charge in [-0.3, -0.25) is 4.79 Å². The standard InChI is InChI=1S/C22H27N3O5/c1-25(14-15-8-4-2-5-9-15)19(26)12-17-20(27)21(28)18(30-17)13-23-22(29)24-16-10-6-3-7-11-16/h2-11,17-18,20-21,27-28H,12-14H2,1H3,(H2,23,24,29)/t17-,18+,20-,21+/m0/s1. The van der Waals surface area contributed by atoms with Crippen molar-refractivity contribution in [3.8, 4) is 0 Å². The molecular weight excluding hydrogens is 386 g/mol. The van der Waals surface area contributed by atoms with Crippen LogP contribution in [-0.2, 0) is 16.1 Å². The Balaban J connectivity index is 1.47. The van der Waals surface area contributed by atoms with Gasteiger partial charge in [0.25, 0.3) is 0 Å². The van der Waals surface area contributed by atoms with Crippen molar-refractivity contribution in [3.05, 3.63) is 66.2 Å². The van der Waals surface area contributed by atoms with Crippen LogP contribution in [0.5, 0.6) is 0 Å². The molecule has 0 spiro atoms. The zero-order valence-electron chi connectivity index (χ0n) is 16.8. The van der Waals surface area contributed by atoms with Gasteiger partial charge in [-0.15, -0.1) is 0 Å². The minimum absolute atomic E-state index is 0.00143. The number of para-hydroxylation sites is 1. The number of carbonyl (C=O) groups excluding carboxylic acids is 2. The number of aliphatic hydroxyl groups is 2. The van der Waals surface area contributed by atoms with Crippen molar-refractivity contribution < 1.29 is 24.5 Å². The Kier molecular flexibility index (Phi) is 7.40. The fourth-order valence-electron chi connectivity index (χ4n) is 3.33. The summed E-state index contributed by atoms with van der Waals surface area (Å²) in [5, 5.41) is 25.8. The van der Waals surface area contributed by atoms with E-state index in [1.54, 1.807) is 36.2 Å². The molecule has 0 unspecified atom stereocenters. The van der Waals surface area contributed by atoms with E-state index in [4.69, 9.17) is 4.74 Å². The molecular formula is C22H27N3O5. The first-order valence-corrected chi connectivity index (χ1v) is 9.83. The van der Waals surface area contributed by atoms with Gasteiger partial charge in [0.15, 0.2) is 0 Å². The summed E-state index contributed by atoms with van der Waals surface area (Å²) >= 11 is 0. The van der Waals surface area contributed by atoms with Crippen LogP contribution in [0.4, 0.5) is 10.5 Å². The molecule has 0 aliphatic carbocycles. The van der Waals surface area contributed by atoms with E-state index in [0.717, 1.165) is 5.56 Å². The van der Waals surface area contributed by atoms with Gasteiger partial charge < -0.3 is 30.5 Å². The van der Waals surface area contributed by atoms with E-state index < -0.39 is 30.4 Å². The average Bonchev–Trinajstić information content (AvgIpc) is 3.01. The summed E-state index contributed by atoms with van der Waals surface area (Å²) in [4.78, 5) is 26.1. The fraction of sp³-hybridized carbons (Fsp3) is 0.364. The minimum atomic E-state index is -1.21. The molecule has 1 heterocycles. The van der Waals surface area contributed by atoms with E-state index in [1.807, 2.05) is 36.4 Å². The van der Waals surface area contributed by atoms with Crippen molar-refractivity contribution in [1.82, 2.24) is 10.2 Å². The van der Waals surface area contributed by atoms with Gasteiger partial charge in [-0.1, -0.05) is 48.5 Å². The highest BCUT2D eigenvalue weighted by atomic mass is 16.5. The maximum absolute atomic E-state index is 12.5. The molecule has 0 saturated carbocycles. The molecule has 1 fully saturated rings. The number of aliphatic hydroxyl groups excluding tert-OH is 2. The van der Waals surface area contributed by atoms with Crippen LogP contribution < -0.4 is 10.6 Å². The molecule has 0 aromatic heterocycles. The third-order valence-corrected chi connectivity index (χ3v) is 5.02. The third-order valence-electron chi connectivity index (χ3n) is 5.02. The quantitative estimate of drug-likeness (QED) is 0.548. The third kappa shape index (κ3) is 5.79. The molecule has 4 atom stereocenters. The predicted octanol–water partition coefficient (Wildman–Crippen LogP) is 1.35. The number of nitrogens with zero attached hydrogens (tertiary/aromatic N) is 1. The van der Waals surface area contributed by atoms with E-state index in [9.17, 15) is 19.8 Å². The van der Waals surface area contributed by atoms with Gasteiger partial charge in [-0.25, -0.2) is 4.79 Å². The normalized spacial score (nSPS) is 23.0. The van der Waals surface area contributed by atoms with Crippen LogP contribution in [-0.4, -0.2) is 65.1 Å². The molecule has 1 aliphatic heterocycles. The Hall–Kier alpha value is -2.94. The number of nitrogens with one attached hydrogen (secondary N) is 2. The van der Waals surface area contributed by atoms with Gasteiger partial charge >= 0.3 is 6.03 Å². The SMILES string of the molecule is CN(Cc1ccccc1)C(=O)C[C@@H]1O[C@H](CNC(=O)Nc2ccccc2)[C@@H](O)[C@H]1O. The largest absolute Gasteiger partial charge is 0.388 e. The van der Waals surface area contributed by atoms with Crippen LogP contribution in [0.1, 0.15) is 12.0 Å². The lowest BCUT2D eigenvalue weighted by Gasteiger charge is -2.21. The number of carbonyl (C=O) groups is 2. The van der Waals surface area contributed by atoms with Crippen molar-refractivity contribution >= 4 is 17.6 Å². The maximum Gasteiger partial charge on any atom is 0.319 e. The Bertz CT molecular complexity index is 833. The molecule has 1 aliphatic rings. The molecule has 8 heteroatoms. The average molecular weight is 413 g/mol. The van der Waals surface area contributed by atoms with Crippen molar-refractivity contribution in [2.45, 2.75) is 37.4 Å². The Morgan fingerprint density at radius 1 is 0.967 bits per heavy atom. The number of ether oxygens (including phenoxy) is 1. The molecule has 2 aromatic carbocycles. The lowest BCUT2D eigenvalue weighted by atomic mass is 10.0. The lowest BCUT2D eigenvalue weighted by molar-refractivity contribution is -0.134. The molecule has 8 nitrogen and oxygen atoms in total. The number of hydrogen-bond donors (Lipinski definition) is 4. The summed E-state index contributed by atoms with van der Waals surface area (Å²) in [5.74, 6) is -0.203. The molecule has 160 valence electrons. The van der Waals surface area contributed by atoms with Crippen molar-refractivity contribution in [2.24, 2.45) is 0 Å². The summed E-state index contributed by atoms with van der Waals surface area (Å²) < 4.78 is 5.67. The lowest BCUT2D eigenvalue weighted by Crippen LogP contribution is -2.41. The second-order valence-electron chi connectivity index (χ2n) is 7.33. The van der Waals surface area contributed by atoms with Crippen molar-refractivity contribution in [3.63, 3.8) is 0 Å². The van der Waals surface area contributed by atoms with E-state index >= 15 is 0 Å². The molecule has 3 amide bonds. The molecule has 2 aromatic rings. The number of rotatable bonds is 7. The number of benzene rings is 2. The number of hydrogen-bond acceptors (Lipinski definition) is 5. The van der Waals surface area contributed by atoms with E-state index in [-0.39, 0.29) is 18.9 Å². The molecule has 4 N–H and O–H groups in total. The van der Waals surface area contributed by atoms with Crippen LogP contribution >= 0.6 is 0 Å². The summed E-state index contributed by atoms with van der Waals surface area (Å²) in [6.45, 7) is 0.442. The van der Waals surface area contributed by atoms with Gasteiger partial charge in [0, 0.05) is 25.8 Å². The van der Waals surface area contributed by atoms with Gasteiger partial charge in [0.2, 0.25) is 5.91 Å². The van der Waals surface area contributed by atoms with E-state index in [1.165, 1.54) is 0 Å². The molecule has 0 bridgehead atoms. The smallest absolute Gasteiger partial charge is 0.319 e. The summed E-state index contributed by atoms with van der Waals surface area (Å²) in [6.07, 6.45) is -4.11. The Labute approximate surface area is 175 Å².